The molecule has 1 aromatic carbocycles. The largest absolute Gasteiger partial charge is 0.493 e. The van der Waals surface area contributed by atoms with Crippen molar-refractivity contribution in [1.29, 1.82) is 5.26 Å². The van der Waals surface area contributed by atoms with Gasteiger partial charge in [0, 0.05) is 0 Å². The number of nitrogens with zero attached hydrogens (tertiary/aromatic N) is 1. The maximum absolute atomic E-state index is 9.01. The van der Waals surface area contributed by atoms with Crippen molar-refractivity contribution in [1.82, 2.24) is 0 Å². The molecule has 1 rings (SSSR count). The maximum atomic E-state index is 9.01. The summed E-state index contributed by atoms with van der Waals surface area (Å²) in [5.41, 5.74) is 0.674. The van der Waals surface area contributed by atoms with E-state index in [9.17, 15) is 0 Å². The Kier molecular flexibility index (Phi) is 12.8. The first-order valence-corrected chi connectivity index (χ1v) is 10.4. The third-order valence-electron chi connectivity index (χ3n) is 4.88. The molecule has 1 aromatic rings. The Hall–Kier alpha value is -1.49. The summed E-state index contributed by atoms with van der Waals surface area (Å²) >= 11 is 0. The third-order valence-corrected chi connectivity index (χ3v) is 4.88. The van der Waals surface area contributed by atoms with Gasteiger partial charge in [0.25, 0.3) is 0 Å². The lowest BCUT2D eigenvalue weighted by atomic mass is 9.95. The van der Waals surface area contributed by atoms with Gasteiger partial charge in [-0.15, -0.1) is 0 Å². The molecule has 25 heavy (non-hydrogen) atoms. The van der Waals surface area contributed by atoms with Crippen LogP contribution in [0.15, 0.2) is 24.3 Å². The summed E-state index contributed by atoms with van der Waals surface area (Å²) in [5.74, 6) is 1.48. The van der Waals surface area contributed by atoms with E-state index in [1.165, 1.54) is 77.0 Å². The van der Waals surface area contributed by atoms with Crippen LogP contribution >= 0.6 is 0 Å². The van der Waals surface area contributed by atoms with Gasteiger partial charge in [0.1, 0.15) is 5.75 Å². The van der Waals surface area contributed by atoms with Crippen LogP contribution in [0.3, 0.4) is 0 Å². The van der Waals surface area contributed by atoms with Gasteiger partial charge in [-0.25, -0.2) is 0 Å². The molecule has 2 nitrogen and oxygen atoms in total. The standard InChI is InChI=1S/C23H37NO/c1-3-5-7-9-10-12-15-21(14-11-8-6-4-2)20-25-23-17-13-16-22(18-23)19-24/h13,16-18,21H,3-12,14-15,20H2,1-2H3. The van der Waals surface area contributed by atoms with Crippen molar-refractivity contribution in [3.63, 3.8) is 0 Å². The zero-order chi connectivity index (χ0) is 18.2. The Morgan fingerprint density at radius 2 is 1.48 bits per heavy atom. The first-order valence-electron chi connectivity index (χ1n) is 10.4. The van der Waals surface area contributed by atoms with Crippen molar-refractivity contribution in [2.45, 2.75) is 90.9 Å². The van der Waals surface area contributed by atoms with E-state index in [0.29, 0.717) is 11.5 Å². The van der Waals surface area contributed by atoms with Crippen LogP contribution in [0.4, 0.5) is 0 Å². The predicted molar refractivity (Wildman–Crippen MR) is 107 cm³/mol. The van der Waals surface area contributed by atoms with Crippen LogP contribution in [0.1, 0.15) is 96.5 Å². The minimum atomic E-state index is 0.647. The van der Waals surface area contributed by atoms with Crippen molar-refractivity contribution in [2.24, 2.45) is 5.92 Å². The fraction of sp³-hybridized carbons (Fsp3) is 0.696. The molecule has 0 aromatic heterocycles. The summed E-state index contributed by atoms with van der Waals surface area (Å²) in [6.07, 6.45) is 16.0. The Bertz CT molecular complexity index is 477. The second-order valence-corrected chi connectivity index (χ2v) is 7.22. The lowest BCUT2D eigenvalue weighted by molar-refractivity contribution is 0.224. The molecule has 140 valence electrons. The quantitative estimate of drug-likeness (QED) is 0.314. The monoisotopic (exact) mass is 343 g/mol. The highest BCUT2D eigenvalue weighted by Gasteiger charge is 2.10. The Labute approximate surface area is 155 Å². The van der Waals surface area contributed by atoms with Gasteiger partial charge in [-0.05, 0) is 37.0 Å². The summed E-state index contributed by atoms with van der Waals surface area (Å²) in [6, 6.07) is 9.71. The van der Waals surface area contributed by atoms with Crippen molar-refractivity contribution in [3.05, 3.63) is 29.8 Å². The molecule has 0 aliphatic carbocycles. The molecule has 0 saturated carbocycles. The Morgan fingerprint density at radius 1 is 0.880 bits per heavy atom. The van der Waals surface area contributed by atoms with Gasteiger partial charge >= 0.3 is 0 Å². The molecule has 0 spiro atoms. The SMILES string of the molecule is CCCCCCCCC(CCCCCC)COc1cccc(C#N)c1. The smallest absolute Gasteiger partial charge is 0.120 e. The van der Waals surface area contributed by atoms with E-state index in [1.54, 1.807) is 0 Å². The van der Waals surface area contributed by atoms with Gasteiger partial charge in [-0.3, -0.25) is 0 Å². The molecule has 0 aliphatic heterocycles. The molecule has 0 amide bonds. The second-order valence-electron chi connectivity index (χ2n) is 7.22. The lowest BCUT2D eigenvalue weighted by Gasteiger charge is -2.18. The number of benzene rings is 1. The van der Waals surface area contributed by atoms with E-state index < -0.39 is 0 Å². The van der Waals surface area contributed by atoms with E-state index in [4.69, 9.17) is 10.00 Å². The molecule has 1 unspecified atom stereocenters. The molecule has 0 fully saturated rings. The minimum Gasteiger partial charge on any atom is -0.493 e. The number of hydrogen-bond acceptors (Lipinski definition) is 2. The van der Waals surface area contributed by atoms with Crippen molar-refractivity contribution >= 4 is 0 Å². The third kappa shape index (κ3) is 10.9. The number of ether oxygens (including phenoxy) is 1. The molecule has 0 saturated heterocycles. The van der Waals surface area contributed by atoms with Crippen LogP contribution < -0.4 is 4.74 Å². The topological polar surface area (TPSA) is 33.0 Å². The van der Waals surface area contributed by atoms with Crippen LogP contribution in [-0.2, 0) is 0 Å². The summed E-state index contributed by atoms with van der Waals surface area (Å²) in [7, 11) is 0. The Morgan fingerprint density at radius 3 is 2.12 bits per heavy atom. The maximum Gasteiger partial charge on any atom is 0.120 e. The van der Waals surface area contributed by atoms with Gasteiger partial charge in [0.05, 0.1) is 18.2 Å². The molecule has 0 N–H and O–H groups in total. The highest BCUT2D eigenvalue weighted by Crippen LogP contribution is 2.21. The molecule has 0 aliphatic rings. The van der Waals surface area contributed by atoms with Crippen LogP contribution in [0.2, 0.25) is 0 Å². The Balaban J connectivity index is 2.36. The van der Waals surface area contributed by atoms with Crippen LogP contribution in [0.5, 0.6) is 5.75 Å². The fourth-order valence-corrected chi connectivity index (χ4v) is 3.25. The van der Waals surface area contributed by atoms with E-state index in [1.807, 2.05) is 24.3 Å². The van der Waals surface area contributed by atoms with E-state index in [-0.39, 0.29) is 0 Å². The number of nitriles is 1. The van der Waals surface area contributed by atoms with Crippen molar-refractivity contribution in [3.8, 4) is 11.8 Å². The summed E-state index contributed by atoms with van der Waals surface area (Å²) < 4.78 is 6.01. The molecule has 1 atom stereocenters. The molecule has 0 radical (unpaired) electrons. The average molecular weight is 344 g/mol. The van der Waals surface area contributed by atoms with Crippen molar-refractivity contribution < 1.29 is 4.74 Å². The summed E-state index contributed by atoms with van der Waals surface area (Å²) in [4.78, 5) is 0. The highest BCUT2D eigenvalue weighted by molar-refractivity contribution is 5.36. The van der Waals surface area contributed by atoms with Crippen LogP contribution in [0, 0.1) is 17.2 Å². The van der Waals surface area contributed by atoms with Gasteiger partial charge in [0.15, 0.2) is 0 Å². The molecule has 0 heterocycles. The first kappa shape index (κ1) is 21.6. The first-order chi connectivity index (χ1) is 12.3. The summed E-state index contributed by atoms with van der Waals surface area (Å²) in [6.45, 7) is 5.32. The second kappa shape index (κ2) is 14.8. The minimum absolute atomic E-state index is 0.647. The van der Waals surface area contributed by atoms with Gasteiger partial charge in [-0.1, -0.05) is 84.1 Å². The molecular weight excluding hydrogens is 306 g/mol. The average Bonchev–Trinajstić information content (AvgIpc) is 2.65. The predicted octanol–water partition coefficient (Wildman–Crippen LogP) is 7.27. The van der Waals surface area contributed by atoms with Gasteiger partial charge < -0.3 is 4.74 Å². The number of rotatable bonds is 15. The van der Waals surface area contributed by atoms with Crippen LogP contribution in [0.25, 0.3) is 0 Å². The number of unbranched alkanes of at least 4 members (excludes halogenated alkanes) is 8. The lowest BCUT2D eigenvalue weighted by Crippen LogP contribution is -2.12. The zero-order valence-electron chi connectivity index (χ0n) is 16.4. The molecule has 2 heteroatoms. The van der Waals surface area contributed by atoms with Gasteiger partial charge in [0.2, 0.25) is 0 Å². The zero-order valence-corrected chi connectivity index (χ0v) is 16.4. The van der Waals surface area contributed by atoms with Gasteiger partial charge in [-0.2, -0.15) is 5.26 Å². The van der Waals surface area contributed by atoms with E-state index in [0.717, 1.165) is 12.4 Å². The highest BCUT2D eigenvalue weighted by atomic mass is 16.5. The molecule has 0 bridgehead atoms. The summed E-state index contributed by atoms with van der Waals surface area (Å²) in [5, 5.41) is 9.01. The van der Waals surface area contributed by atoms with Crippen molar-refractivity contribution in [2.75, 3.05) is 6.61 Å². The van der Waals surface area contributed by atoms with Crippen LogP contribution in [-0.4, -0.2) is 6.61 Å². The number of hydrogen-bond donors (Lipinski definition) is 0. The molecular formula is C23H37NO. The van der Waals surface area contributed by atoms with E-state index in [2.05, 4.69) is 19.9 Å². The van der Waals surface area contributed by atoms with E-state index >= 15 is 0 Å². The fourth-order valence-electron chi connectivity index (χ4n) is 3.25. The normalized spacial score (nSPS) is 11.9.